The van der Waals surface area contributed by atoms with Crippen LogP contribution in [0.5, 0.6) is 0 Å². The Hall–Kier alpha value is -1.06. The molecule has 0 saturated carbocycles. The zero-order chi connectivity index (χ0) is 10.6. The Bertz CT molecular complexity index is 201. The lowest BCUT2D eigenvalue weighted by Gasteiger charge is -2.17. The molecule has 2 atom stereocenters. The van der Waals surface area contributed by atoms with Gasteiger partial charge in [0.05, 0.1) is 5.92 Å². The van der Waals surface area contributed by atoms with E-state index in [9.17, 15) is 9.59 Å². The Kier molecular flexibility index (Phi) is 4.45. The molecule has 0 aliphatic carbocycles. The van der Waals surface area contributed by atoms with E-state index in [-0.39, 0.29) is 11.9 Å². The van der Waals surface area contributed by atoms with Crippen LogP contribution in [-0.4, -0.2) is 23.0 Å². The average Bonchev–Trinajstić information content (AvgIpc) is 2.00. The van der Waals surface area contributed by atoms with Gasteiger partial charge in [0.15, 0.2) is 0 Å². The SMILES string of the molecule is CC(C)NC(=O)C(C)C(C)C(=O)O. The summed E-state index contributed by atoms with van der Waals surface area (Å²) in [5.74, 6) is -2.27. The Morgan fingerprint density at radius 1 is 1.08 bits per heavy atom. The highest BCUT2D eigenvalue weighted by atomic mass is 16.4. The van der Waals surface area contributed by atoms with Crippen molar-refractivity contribution < 1.29 is 14.7 Å². The molecule has 0 heterocycles. The van der Waals surface area contributed by atoms with Gasteiger partial charge in [0.1, 0.15) is 0 Å². The molecular formula is C9H17NO3. The molecule has 0 bridgehead atoms. The summed E-state index contributed by atoms with van der Waals surface area (Å²) in [6.45, 7) is 6.84. The van der Waals surface area contributed by atoms with Crippen LogP contribution in [0.3, 0.4) is 0 Å². The summed E-state index contributed by atoms with van der Waals surface area (Å²) >= 11 is 0. The first-order valence-corrected chi connectivity index (χ1v) is 4.39. The maximum atomic E-state index is 11.3. The minimum absolute atomic E-state index is 0.0518. The number of amides is 1. The highest BCUT2D eigenvalue weighted by Gasteiger charge is 2.25. The topological polar surface area (TPSA) is 66.4 Å². The van der Waals surface area contributed by atoms with Gasteiger partial charge in [-0.25, -0.2) is 0 Å². The number of rotatable bonds is 4. The van der Waals surface area contributed by atoms with Gasteiger partial charge in [-0.15, -0.1) is 0 Å². The molecule has 4 heteroatoms. The molecule has 0 spiro atoms. The number of aliphatic carboxylic acids is 1. The molecule has 0 aromatic heterocycles. The van der Waals surface area contributed by atoms with Gasteiger partial charge >= 0.3 is 5.97 Å². The molecule has 0 aromatic carbocycles. The van der Waals surface area contributed by atoms with Crippen LogP contribution >= 0.6 is 0 Å². The number of carbonyl (C=O) groups excluding carboxylic acids is 1. The van der Waals surface area contributed by atoms with Gasteiger partial charge in [0.25, 0.3) is 0 Å². The second-order valence-corrected chi connectivity index (χ2v) is 3.58. The molecule has 4 nitrogen and oxygen atoms in total. The lowest BCUT2D eigenvalue weighted by atomic mass is 9.95. The number of hydrogen-bond acceptors (Lipinski definition) is 2. The maximum absolute atomic E-state index is 11.3. The van der Waals surface area contributed by atoms with Gasteiger partial charge in [-0.2, -0.15) is 0 Å². The maximum Gasteiger partial charge on any atom is 0.307 e. The van der Waals surface area contributed by atoms with Gasteiger partial charge in [0.2, 0.25) is 5.91 Å². The van der Waals surface area contributed by atoms with E-state index < -0.39 is 17.8 Å². The van der Waals surface area contributed by atoms with Crippen LogP contribution in [0.25, 0.3) is 0 Å². The smallest absolute Gasteiger partial charge is 0.307 e. The fraction of sp³-hybridized carbons (Fsp3) is 0.778. The van der Waals surface area contributed by atoms with Gasteiger partial charge in [0, 0.05) is 12.0 Å². The molecule has 0 radical (unpaired) electrons. The standard InChI is InChI=1S/C9H17NO3/c1-5(2)10-8(11)6(3)7(4)9(12)13/h5-7H,1-4H3,(H,10,11)(H,12,13). The van der Waals surface area contributed by atoms with Gasteiger partial charge in [-0.3, -0.25) is 9.59 Å². The fourth-order valence-electron chi connectivity index (χ4n) is 0.857. The highest BCUT2D eigenvalue weighted by Crippen LogP contribution is 2.11. The lowest BCUT2D eigenvalue weighted by Crippen LogP contribution is -2.38. The van der Waals surface area contributed by atoms with Crippen molar-refractivity contribution in [2.24, 2.45) is 11.8 Å². The van der Waals surface area contributed by atoms with Crippen LogP contribution in [0.2, 0.25) is 0 Å². The van der Waals surface area contributed by atoms with E-state index in [0.717, 1.165) is 0 Å². The molecule has 0 fully saturated rings. The van der Waals surface area contributed by atoms with E-state index in [2.05, 4.69) is 5.32 Å². The highest BCUT2D eigenvalue weighted by molar-refractivity contribution is 5.84. The van der Waals surface area contributed by atoms with Crippen LogP contribution in [-0.2, 0) is 9.59 Å². The summed E-state index contributed by atoms with van der Waals surface area (Å²) in [5.41, 5.74) is 0. The van der Waals surface area contributed by atoms with Crippen molar-refractivity contribution in [3.63, 3.8) is 0 Å². The monoisotopic (exact) mass is 187 g/mol. The molecule has 1 amide bonds. The molecule has 0 aromatic rings. The average molecular weight is 187 g/mol. The third kappa shape index (κ3) is 3.92. The summed E-state index contributed by atoms with van der Waals surface area (Å²) in [6.07, 6.45) is 0. The Morgan fingerprint density at radius 2 is 1.54 bits per heavy atom. The van der Waals surface area contributed by atoms with Crippen LogP contribution < -0.4 is 5.32 Å². The summed E-state index contributed by atoms with van der Waals surface area (Å²) in [5, 5.41) is 11.3. The number of nitrogens with one attached hydrogen (secondary N) is 1. The summed E-state index contributed by atoms with van der Waals surface area (Å²) in [6, 6.07) is 0.0518. The third-order valence-electron chi connectivity index (χ3n) is 1.98. The van der Waals surface area contributed by atoms with Crippen LogP contribution in [0, 0.1) is 11.8 Å². The molecule has 0 aliphatic heterocycles. The van der Waals surface area contributed by atoms with Crippen molar-refractivity contribution in [3.05, 3.63) is 0 Å². The van der Waals surface area contributed by atoms with E-state index >= 15 is 0 Å². The van der Waals surface area contributed by atoms with E-state index in [4.69, 9.17) is 5.11 Å². The molecule has 13 heavy (non-hydrogen) atoms. The second kappa shape index (κ2) is 4.84. The number of carboxylic acid groups (broad SMARTS) is 1. The first kappa shape index (κ1) is 11.9. The fourth-order valence-corrected chi connectivity index (χ4v) is 0.857. The number of carbonyl (C=O) groups is 2. The Labute approximate surface area is 78.3 Å². The Morgan fingerprint density at radius 3 is 1.85 bits per heavy atom. The molecule has 0 aliphatic rings. The number of hydrogen-bond donors (Lipinski definition) is 2. The molecule has 2 unspecified atom stereocenters. The molecular weight excluding hydrogens is 170 g/mol. The summed E-state index contributed by atoms with van der Waals surface area (Å²) in [7, 11) is 0. The zero-order valence-electron chi connectivity index (χ0n) is 8.50. The van der Waals surface area contributed by atoms with E-state index in [1.54, 1.807) is 6.92 Å². The Balaban J connectivity index is 4.17. The number of carboxylic acids is 1. The summed E-state index contributed by atoms with van der Waals surface area (Å²) < 4.78 is 0. The molecule has 0 saturated heterocycles. The first-order chi connectivity index (χ1) is 5.86. The third-order valence-corrected chi connectivity index (χ3v) is 1.98. The molecule has 0 rings (SSSR count). The minimum atomic E-state index is -0.939. The van der Waals surface area contributed by atoms with Crippen LogP contribution in [0.4, 0.5) is 0 Å². The van der Waals surface area contributed by atoms with Gasteiger partial charge < -0.3 is 10.4 Å². The van der Waals surface area contributed by atoms with E-state index in [1.807, 2.05) is 13.8 Å². The van der Waals surface area contributed by atoms with Crippen molar-refractivity contribution in [1.82, 2.24) is 5.32 Å². The van der Waals surface area contributed by atoms with Gasteiger partial charge in [-0.1, -0.05) is 13.8 Å². The predicted octanol–water partition coefficient (Wildman–Crippen LogP) is 0.868. The van der Waals surface area contributed by atoms with Gasteiger partial charge in [-0.05, 0) is 13.8 Å². The van der Waals surface area contributed by atoms with Crippen LogP contribution in [0.15, 0.2) is 0 Å². The largest absolute Gasteiger partial charge is 0.481 e. The first-order valence-electron chi connectivity index (χ1n) is 4.39. The van der Waals surface area contributed by atoms with E-state index in [0.29, 0.717) is 0 Å². The van der Waals surface area contributed by atoms with Crippen LogP contribution in [0.1, 0.15) is 27.7 Å². The normalized spacial score (nSPS) is 15.2. The van der Waals surface area contributed by atoms with Crippen molar-refractivity contribution >= 4 is 11.9 Å². The minimum Gasteiger partial charge on any atom is -0.481 e. The van der Waals surface area contributed by atoms with Crippen molar-refractivity contribution in [2.45, 2.75) is 33.7 Å². The predicted molar refractivity (Wildman–Crippen MR) is 49.2 cm³/mol. The lowest BCUT2D eigenvalue weighted by molar-refractivity contribution is -0.146. The van der Waals surface area contributed by atoms with E-state index in [1.165, 1.54) is 6.92 Å². The molecule has 76 valence electrons. The van der Waals surface area contributed by atoms with Crippen molar-refractivity contribution in [1.29, 1.82) is 0 Å². The molecule has 2 N–H and O–H groups in total. The second-order valence-electron chi connectivity index (χ2n) is 3.58. The summed E-state index contributed by atoms with van der Waals surface area (Å²) in [4.78, 5) is 21.9. The zero-order valence-corrected chi connectivity index (χ0v) is 8.50. The quantitative estimate of drug-likeness (QED) is 0.686. The van der Waals surface area contributed by atoms with Crippen molar-refractivity contribution in [2.75, 3.05) is 0 Å². The van der Waals surface area contributed by atoms with Crippen molar-refractivity contribution in [3.8, 4) is 0 Å².